The van der Waals surface area contributed by atoms with Crippen molar-refractivity contribution in [2.75, 3.05) is 5.32 Å². The number of rotatable bonds is 5. The Kier molecular flexibility index (Phi) is 5.11. The second kappa shape index (κ2) is 7.55. The summed E-state index contributed by atoms with van der Waals surface area (Å²) in [5.74, 6) is -0.747. The topological polar surface area (TPSA) is 111 Å². The van der Waals surface area contributed by atoms with Crippen LogP contribution in [-0.4, -0.2) is 22.5 Å². The van der Waals surface area contributed by atoms with Gasteiger partial charge < -0.3 is 10.2 Å². The zero-order chi connectivity index (χ0) is 23.1. The number of nitro groups is 1. The average Bonchev–Trinajstić information content (AvgIpc) is 3.09. The highest BCUT2D eigenvalue weighted by Gasteiger charge is 2.71. The summed E-state index contributed by atoms with van der Waals surface area (Å²) in [4.78, 5) is 41.3. The Labute approximate surface area is 185 Å². The van der Waals surface area contributed by atoms with Gasteiger partial charge in [0.25, 0.3) is 5.69 Å². The van der Waals surface area contributed by atoms with E-state index in [1.165, 1.54) is 24.3 Å². The third kappa shape index (κ3) is 3.18. The SMILES string of the molecule is CC12CCC(C(=O)Nc3ccccc3)(C/C1=N\OC(=O)c1ccc([N+](=O)[O-])cc1)C2(C)C. The van der Waals surface area contributed by atoms with Crippen LogP contribution in [0.1, 0.15) is 50.4 Å². The summed E-state index contributed by atoms with van der Waals surface area (Å²) >= 11 is 0. The van der Waals surface area contributed by atoms with Crippen LogP contribution >= 0.6 is 0 Å². The van der Waals surface area contributed by atoms with Crippen molar-refractivity contribution in [3.05, 3.63) is 70.3 Å². The number of non-ortho nitro benzene ring substituents is 1. The van der Waals surface area contributed by atoms with Crippen LogP contribution in [0.4, 0.5) is 11.4 Å². The van der Waals surface area contributed by atoms with Crippen molar-refractivity contribution >= 4 is 29.0 Å². The lowest BCUT2D eigenvalue weighted by Crippen LogP contribution is -2.43. The second-order valence-electron chi connectivity index (χ2n) is 9.26. The van der Waals surface area contributed by atoms with E-state index < -0.39 is 27.1 Å². The molecule has 2 atom stereocenters. The number of nitro benzene ring substituents is 1. The Morgan fingerprint density at radius 3 is 2.31 bits per heavy atom. The van der Waals surface area contributed by atoms with Gasteiger partial charge in [-0.15, -0.1) is 0 Å². The summed E-state index contributed by atoms with van der Waals surface area (Å²) in [5, 5.41) is 18.0. The number of anilines is 1. The summed E-state index contributed by atoms with van der Waals surface area (Å²) in [7, 11) is 0. The number of hydrogen-bond acceptors (Lipinski definition) is 6. The van der Waals surface area contributed by atoms with E-state index in [-0.39, 0.29) is 17.2 Å². The first-order chi connectivity index (χ1) is 15.1. The van der Waals surface area contributed by atoms with Gasteiger partial charge in [0, 0.05) is 29.7 Å². The average molecular weight is 435 g/mol. The molecule has 0 heterocycles. The van der Waals surface area contributed by atoms with E-state index in [1.54, 1.807) is 0 Å². The number of amides is 1. The maximum Gasteiger partial charge on any atom is 0.365 e. The lowest BCUT2D eigenvalue weighted by molar-refractivity contribution is -0.384. The highest BCUT2D eigenvalue weighted by atomic mass is 16.7. The van der Waals surface area contributed by atoms with Gasteiger partial charge in [0.15, 0.2) is 0 Å². The van der Waals surface area contributed by atoms with Crippen LogP contribution in [0.15, 0.2) is 59.8 Å². The van der Waals surface area contributed by atoms with E-state index in [9.17, 15) is 19.7 Å². The Balaban J connectivity index is 1.55. The number of oxime groups is 1. The smallest absolute Gasteiger partial charge is 0.326 e. The molecule has 32 heavy (non-hydrogen) atoms. The van der Waals surface area contributed by atoms with Crippen molar-refractivity contribution in [3.63, 3.8) is 0 Å². The molecule has 2 saturated carbocycles. The van der Waals surface area contributed by atoms with Crippen LogP contribution in [0, 0.1) is 26.4 Å². The molecule has 166 valence electrons. The van der Waals surface area contributed by atoms with Crippen LogP contribution in [0.3, 0.4) is 0 Å². The molecule has 1 N–H and O–H groups in total. The number of hydrogen-bond donors (Lipinski definition) is 1. The molecule has 8 heteroatoms. The van der Waals surface area contributed by atoms with Crippen LogP contribution in [0.25, 0.3) is 0 Å². The Bertz CT molecular complexity index is 1110. The van der Waals surface area contributed by atoms with Gasteiger partial charge in [-0.25, -0.2) is 4.79 Å². The summed E-state index contributed by atoms with van der Waals surface area (Å²) in [6, 6.07) is 14.5. The van der Waals surface area contributed by atoms with Crippen molar-refractivity contribution in [3.8, 4) is 0 Å². The van der Waals surface area contributed by atoms with Gasteiger partial charge in [-0.05, 0) is 42.5 Å². The van der Waals surface area contributed by atoms with E-state index in [2.05, 4.69) is 31.2 Å². The molecular weight excluding hydrogens is 410 g/mol. The second-order valence-corrected chi connectivity index (χ2v) is 9.26. The zero-order valence-electron chi connectivity index (χ0n) is 18.3. The molecule has 0 spiro atoms. The molecule has 0 radical (unpaired) electrons. The molecule has 2 aromatic carbocycles. The molecule has 8 nitrogen and oxygen atoms in total. The van der Waals surface area contributed by atoms with E-state index in [0.717, 1.165) is 18.5 Å². The molecule has 0 saturated heterocycles. The minimum atomic E-state index is -0.695. The standard InChI is InChI=1S/C24H25N3O5/c1-22(2)23(3)13-14-24(22,21(29)25-17-7-5-4-6-8-17)15-19(23)26-32-20(28)16-9-11-18(12-10-16)27(30)31/h4-12H,13-15H2,1-3H3,(H,25,29)/b26-19+. The van der Waals surface area contributed by atoms with Crippen LogP contribution in [0.5, 0.6) is 0 Å². The Hall–Kier alpha value is -3.55. The van der Waals surface area contributed by atoms with Gasteiger partial charge in [-0.3, -0.25) is 14.9 Å². The summed E-state index contributed by atoms with van der Waals surface area (Å²) in [6.07, 6.45) is 1.89. The van der Waals surface area contributed by atoms with E-state index in [4.69, 9.17) is 4.84 Å². The van der Waals surface area contributed by atoms with Crippen LogP contribution < -0.4 is 5.32 Å². The number of nitrogens with one attached hydrogen (secondary N) is 1. The molecule has 2 aromatic rings. The quantitative estimate of drug-likeness (QED) is 0.405. The normalized spacial score (nSPS) is 26.7. The first-order valence-electron chi connectivity index (χ1n) is 10.5. The molecule has 2 aliphatic carbocycles. The summed E-state index contributed by atoms with van der Waals surface area (Å²) in [5.41, 5.74) is 0.0499. The van der Waals surface area contributed by atoms with Crippen molar-refractivity contribution in [1.82, 2.24) is 0 Å². The fourth-order valence-corrected chi connectivity index (χ4v) is 5.16. The Morgan fingerprint density at radius 1 is 1.03 bits per heavy atom. The molecule has 0 aliphatic heterocycles. The molecule has 4 rings (SSSR count). The number of para-hydroxylation sites is 1. The zero-order valence-corrected chi connectivity index (χ0v) is 18.3. The minimum absolute atomic E-state index is 0.0516. The highest BCUT2D eigenvalue weighted by molar-refractivity contribution is 6.06. The maximum absolute atomic E-state index is 13.4. The predicted octanol–water partition coefficient (Wildman–Crippen LogP) is 4.96. The number of benzene rings is 2. The summed E-state index contributed by atoms with van der Waals surface area (Å²) in [6.45, 7) is 6.21. The van der Waals surface area contributed by atoms with Crippen molar-refractivity contribution in [1.29, 1.82) is 0 Å². The summed E-state index contributed by atoms with van der Waals surface area (Å²) < 4.78 is 0. The molecule has 0 aromatic heterocycles. The number of carbonyl (C=O) groups is 2. The minimum Gasteiger partial charge on any atom is -0.326 e. The molecule has 2 unspecified atom stereocenters. The third-order valence-electron chi connectivity index (χ3n) is 7.75. The molecule has 1 amide bonds. The van der Waals surface area contributed by atoms with Crippen molar-refractivity contribution in [2.45, 2.75) is 40.0 Å². The molecule has 2 aliphatic rings. The highest BCUT2D eigenvalue weighted by Crippen LogP contribution is 2.71. The fraction of sp³-hybridized carbons (Fsp3) is 0.375. The monoisotopic (exact) mass is 435 g/mol. The van der Waals surface area contributed by atoms with E-state index >= 15 is 0 Å². The molecule has 2 fully saturated rings. The Morgan fingerprint density at radius 2 is 1.69 bits per heavy atom. The lowest BCUT2D eigenvalue weighted by Gasteiger charge is -2.39. The van der Waals surface area contributed by atoms with Crippen molar-refractivity contribution < 1.29 is 19.3 Å². The van der Waals surface area contributed by atoms with E-state index in [1.807, 2.05) is 30.3 Å². The predicted molar refractivity (Wildman–Crippen MR) is 119 cm³/mol. The largest absolute Gasteiger partial charge is 0.365 e. The number of fused-ring (bicyclic) bond motifs is 2. The fourth-order valence-electron chi connectivity index (χ4n) is 5.16. The number of carbonyl (C=O) groups excluding carboxylic acids is 2. The van der Waals surface area contributed by atoms with Gasteiger partial charge in [0.2, 0.25) is 5.91 Å². The van der Waals surface area contributed by atoms with Gasteiger partial charge >= 0.3 is 5.97 Å². The first-order valence-corrected chi connectivity index (χ1v) is 10.5. The van der Waals surface area contributed by atoms with Gasteiger partial charge in [0.05, 0.1) is 21.6 Å². The maximum atomic E-state index is 13.4. The molecule has 2 bridgehead atoms. The van der Waals surface area contributed by atoms with Gasteiger partial charge in [-0.1, -0.05) is 44.1 Å². The first kappa shape index (κ1) is 21.7. The third-order valence-corrected chi connectivity index (χ3v) is 7.75. The van der Waals surface area contributed by atoms with Gasteiger partial charge in [-0.2, -0.15) is 0 Å². The van der Waals surface area contributed by atoms with Crippen LogP contribution in [0.2, 0.25) is 0 Å². The number of nitrogens with zero attached hydrogens (tertiary/aromatic N) is 2. The van der Waals surface area contributed by atoms with E-state index in [0.29, 0.717) is 12.1 Å². The van der Waals surface area contributed by atoms with Crippen molar-refractivity contribution in [2.24, 2.45) is 21.4 Å². The van der Waals surface area contributed by atoms with Gasteiger partial charge in [0.1, 0.15) is 0 Å². The molecular formula is C24H25N3O5. The van der Waals surface area contributed by atoms with Crippen LogP contribution in [-0.2, 0) is 9.63 Å². The lowest BCUT2D eigenvalue weighted by atomic mass is 9.64.